The number of ether oxygens (including phenoxy) is 2. The molecule has 32 heavy (non-hydrogen) atoms. The lowest BCUT2D eigenvalue weighted by Gasteiger charge is -2.12. The van der Waals surface area contributed by atoms with Crippen molar-refractivity contribution < 1.29 is 9.47 Å². The van der Waals surface area contributed by atoms with Crippen LogP contribution in [0.4, 0.5) is 0 Å². The van der Waals surface area contributed by atoms with E-state index < -0.39 is 0 Å². The number of rotatable bonds is 6. The summed E-state index contributed by atoms with van der Waals surface area (Å²) < 4.78 is 12.5. The van der Waals surface area contributed by atoms with Crippen LogP contribution in [-0.2, 0) is 4.74 Å². The van der Waals surface area contributed by atoms with E-state index >= 15 is 0 Å². The first kappa shape index (κ1) is 20.8. The normalized spacial score (nSPS) is 15.4. The Kier molecular flexibility index (Phi) is 5.70. The van der Waals surface area contributed by atoms with Gasteiger partial charge in [-0.25, -0.2) is 4.98 Å². The van der Waals surface area contributed by atoms with Crippen LogP contribution in [-0.4, -0.2) is 28.9 Å². The molecule has 0 spiro atoms. The Bertz CT molecular complexity index is 1360. The molecule has 0 aliphatic carbocycles. The Hall–Kier alpha value is -3.12. The molecule has 2 heterocycles. The minimum Gasteiger partial charge on any atom is -0.491 e. The first-order valence-electron chi connectivity index (χ1n) is 10.1. The van der Waals surface area contributed by atoms with Crippen molar-refractivity contribution in [2.45, 2.75) is 6.10 Å². The molecule has 5 nitrogen and oxygen atoms in total. The van der Waals surface area contributed by atoms with E-state index in [2.05, 4.69) is 0 Å². The predicted molar refractivity (Wildman–Crippen MR) is 128 cm³/mol. The number of nitrogens with zero attached hydrogens (tertiary/aromatic N) is 2. The molecule has 0 bridgehead atoms. The van der Waals surface area contributed by atoms with Crippen LogP contribution in [0.2, 0.25) is 10.0 Å². The second kappa shape index (κ2) is 8.79. The summed E-state index contributed by atoms with van der Waals surface area (Å²) in [6.07, 6.45) is 3.87. The summed E-state index contributed by atoms with van der Waals surface area (Å²) in [5.74, 6) is 1.20. The van der Waals surface area contributed by atoms with E-state index in [4.69, 9.17) is 37.7 Å². The lowest BCUT2D eigenvalue weighted by atomic mass is 10.2. The Morgan fingerprint density at radius 1 is 1.00 bits per heavy atom. The summed E-state index contributed by atoms with van der Waals surface area (Å²) in [7, 11) is 0. The molecule has 0 saturated carbocycles. The maximum atomic E-state index is 13.4. The van der Waals surface area contributed by atoms with E-state index in [-0.39, 0.29) is 11.7 Å². The van der Waals surface area contributed by atoms with E-state index in [1.54, 1.807) is 28.8 Å². The zero-order valence-corrected chi connectivity index (χ0v) is 18.4. The van der Waals surface area contributed by atoms with E-state index in [9.17, 15) is 4.79 Å². The standard InChI is InChI=1S/C25H18Cl2N2O3/c26-17-4-1-16(2-5-17)3-12-24-28-23-13-18(27)6-11-22(23)25(30)29(24)19-7-9-20(10-8-19)31-14-21-15-32-21/h1-13,21H,14-15H2/b12-3+. The molecule has 1 atom stereocenters. The van der Waals surface area contributed by atoms with Gasteiger partial charge in [0.15, 0.2) is 0 Å². The molecule has 1 aliphatic rings. The Balaban J connectivity index is 1.58. The molecule has 0 radical (unpaired) electrons. The molecular formula is C25H18Cl2N2O3. The fourth-order valence-electron chi connectivity index (χ4n) is 3.33. The van der Waals surface area contributed by atoms with Gasteiger partial charge >= 0.3 is 0 Å². The van der Waals surface area contributed by atoms with Gasteiger partial charge in [-0.2, -0.15) is 0 Å². The average molecular weight is 465 g/mol. The highest BCUT2D eigenvalue weighted by molar-refractivity contribution is 6.31. The molecule has 160 valence electrons. The first-order valence-corrected chi connectivity index (χ1v) is 10.8. The highest BCUT2D eigenvalue weighted by Gasteiger charge is 2.23. The fraction of sp³-hybridized carbons (Fsp3) is 0.120. The molecule has 1 saturated heterocycles. The summed E-state index contributed by atoms with van der Waals surface area (Å²) in [6.45, 7) is 1.26. The van der Waals surface area contributed by atoms with Gasteiger partial charge in [0.05, 0.1) is 23.2 Å². The third kappa shape index (κ3) is 4.55. The van der Waals surface area contributed by atoms with Crippen molar-refractivity contribution in [3.8, 4) is 11.4 Å². The molecule has 1 aliphatic heterocycles. The Labute approximate surface area is 194 Å². The van der Waals surface area contributed by atoms with Gasteiger partial charge in [0, 0.05) is 10.0 Å². The Morgan fingerprint density at radius 3 is 2.44 bits per heavy atom. The van der Waals surface area contributed by atoms with Gasteiger partial charge in [-0.05, 0) is 66.2 Å². The van der Waals surface area contributed by atoms with Crippen molar-refractivity contribution >= 4 is 46.3 Å². The molecule has 3 aromatic carbocycles. The first-order chi connectivity index (χ1) is 15.6. The Morgan fingerprint density at radius 2 is 1.72 bits per heavy atom. The molecule has 4 aromatic rings. The summed E-state index contributed by atoms with van der Waals surface area (Å²) >= 11 is 12.1. The van der Waals surface area contributed by atoms with Gasteiger partial charge in [0.1, 0.15) is 24.3 Å². The fourth-order valence-corrected chi connectivity index (χ4v) is 3.62. The van der Waals surface area contributed by atoms with Gasteiger partial charge in [0.2, 0.25) is 0 Å². The molecule has 1 unspecified atom stereocenters. The third-order valence-corrected chi connectivity index (χ3v) is 5.57. The van der Waals surface area contributed by atoms with Crippen LogP contribution in [0, 0.1) is 0 Å². The molecule has 1 fully saturated rings. The van der Waals surface area contributed by atoms with E-state index in [0.717, 1.165) is 17.9 Å². The van der Waals surface area contributed by atoms with Crippen molar-refractivity contribution in [1.82, 2.24) is 9.55 Å². The number of hydrogen-bond acceptors (Lipinski definition) is 4. The average Bonchev–Trinajstić information content (AvgIpc) is 3.62. The summed E-state index contributed by atoms with van der Waals surface area (Å²) in [4.78, 5) is 18.1. The van der Waals surface area contributed by atoms with Crippen LogP contribution in [0.1, 0.15) is 11.4 Å². The van der Waals surface area contributed by atoms with Gasteiger partial charge in [-0.3, -0.25) is 9.36 Å². The SMILES string of the molecule is O=c1c2ccc(Cl)cc2nc(/C=C/c2ccc(Cl)cc2)n1-c1ccc(OCC2CO2)cc1. The van der Waals surface area contributed by atoms with Crippen LogP contribution in [0.15, 0.2) is 71.5 Å². The quantitative estimate of drug-likeness (QED) is 0.346. The maximum absolute atomic E-state index is 13.4. The highest BCUT2D eigenvalue weighted by Crippen LogP contribution is 2.21. The molecular weight excluding hydrogens is 447 g/mol. The zero-order chi connectivity index (χ0) is 22.1. The number of aromatic nitrogens is 2. The van der Waals surface area contributed by atoms with Crippen LogP contribution in [0.25, 0.3) is 28.7 Å². The largest absolute Gasteiger partial charge is 0.491 e. The molecule has 7 heteroatoms. The van der Waals surface area contributed by atoms with Crippen LogP contribution >= 0.6 is 23.2 Å². The van der Waals surface area contributed by atoms with Crippen molar-refractivity contribution in [1.29, 1.82) is 0 Å². The van der Waals surface area contributed by atoms with Crippen molar-refractivity contribution in [2.75, 3.05) is 13.2 Å². The smallest absolute Gasteiger partial charge is 0.266 e. The second-order valence-corrected chi connectivity index (χ2v) is 8.29. The molecule has 0 N–H and O–H groups in total. The number of halogens is 2. The summed E-state index contributed by atoms with van der Waals surface area (Å²) in [5.41, 5.74) is 1.99. The van der Waals surface area contributed by atoms with Crippen molar-refractivity contribution in [3.63, 3.8) is 0 Å². The van der Waals surface area contributed by atoms with Crippen molar-refractivity contribution in [3.05, 3.63) is 98.5 Å². The molecule has 5 rings (SSSR count). The van der Waals surface area contributed by atoms with Crippen LogP contribution in [0.3, 0.4) is 0 Å². The number of fused-ring (bicyclic) bond motifs is 1. The van der Waals surface area contributed by atoms with Gasteiger partial charge < -0.3 is 9.47 Å². The number of benzene rings is 3. The van der Waals surface area contributed by atoms with Crippen LogP contribution < -0.4 is 10.3 Å². The zero-order valence-electron chi connectivity index (χ0n) is 16.9. The summed E-state index contributed by atoms with van der Waals surface area (Å²) in [6, 6.07) is 19.9. The third-order valence-electron chi connectivity index (χ3n) is 5.09. The highest BCUT2D eigenvalue weighted by atomic mass is 35.5. The van der Waals surface area contributed by atoms with Gasteiger partial charge in [-0.1, -0.05) is 41.4 Å². The van der Waals surface area contributed by atoms with E-state index in [1.165, 1.54) is 0 Å². The van der Waals surface area contributed by atoms with Crippen molar-refractivity contribution in [2.24, 2.45) is 0 Å². The number of hydrogen-bond donors (Lipinski definition) is 0. The minimum atomic E-state index is -0.178. The minimum absolute atomic E-state index is 0.178. The lowest BCUT2D eigenvalue weighted by Crippen LogP contribution is -2.22. The monoisotopic (exact) mass is 464 g/mol. The molecule has 1 aromatic heterocycles. The van der Waals surface area contributed by atoms with E-state index in [1.807, 2.05) is 54.6 Å². The van der Waals surface area contributed by atoms with Gasteiger partial charge in [-0.15, -0.1) is 0 Å². The summed E-state index contributed by atoms with van der Waals surface area (Å²) in [5, 5.41) is 1.67. The number of epoxide rings is 1. The second-order valence-electron chi connectivity index (χ2n) is 7.42. The maximum Gasteiger partial charge on any atom is 0.266 e. The topological polar surface area (TPSA) is 56.7 Å². The van der Waals surface area contributed by atoms with Gasteiger partial charge in [0.25, 0.3) is 5.56 Å². The molecule has 0 amide bonds. The van der Waals surface area contributed by atoms with Crippen LogP contribution in [0.5, 0.6) is 5.75 Å². The lowest BCUT2D eigenvalue weighted by molar-refractivity contribution is 0.263. The predicted octanol–water partition coefficient (Wildman–Crippen LogP) is 5.64. The van der Waals surface area contributed by atoms with E-state index in [0.29, 0.717) is 39.1 Å².